The summed E-state index contributed by atoms with van der Waals surface area (Å²) in [5.41, 5.74) is 3.10. The first-order valence-corrected chi connectivity index (χ1v) is 7.27. The molecule has 0 bridgehead atoms. The van der Waals surface area contributed by atoms with Gasteiger partial charge in [-0.2, -0.15) is 5.10 Å². The Kier molecular flexibility index (Phi) is 2.84. The predicted molar refractivity (Wildman–Crippen MR) is 82.4 cm³/mol. The van der Waals surface area contributed by atoms with Crippen LogP contribution in [0.2, 0.25) is 0 Å². The third-order valence-corrected chi connectivity index (χ3v) is 4.03. The van der Waals surface area contributed by atoms with Gasteiger partial charge in [0.1, 0.15) is 5.82 Å². The maximum atomic E-state index is 4.72. The molecule has 3 heterocycles. The summed E-state index contributed by atoms with van der Waals surface area (Å²) in [5.74, 6) is 0.958. The molecule has 0 aliphatic carbocycles. The van der Waals surface area contributed by atoms with Crippen LogP contribution >= 0.6 is 0 Å². The molecule has 1 saturated heterocycles. The van der Waals surface area contributed by atoms with Crippen molar-refractivity contribution in [2.45, 2.75) is 19.4 Å². The number of hydrogen-bond acceptors (Lipinski definition) is 4. The van der Waals surface area contributed by atoms with Crippen molar-refractivity contribution < 1.29 is 0 Å². The second-order valence-electron chi connectivity index (χ2n) is 5.60. The summed E-state index contributed by atoms with van der Waals surface area (Å²) in [6.45, 7) is 4.01. The molecule has 2 aromatic heterocycles. The number of nitrogens with zero attached hydrogens (tertiary/aromatic N) is 5. The van der Waals surface area contributed by atoms with Crippen molar-refractivity contribution in [2.24, 2.45) is 0 Å². The lowest BCUT2D eigenvalue weighted by Crippen LogP contribution is -2.22. The summed E-state index contributed by atoms with van der Waals surface area (Å²) >= 11 is 0. The van der Waals surface area contributed by atoms with Crippen LogP contribution in [0.4, 0.5) is 5.82 Å². The van der Waals surface area contributed by atoms with Crippen molar-refractivity contribution >= 4 is 16.9 Å². The van der Waals surface area contributed by atoms with Gasteiger partial charge in [-0.25, -0.2) is 4.98 Å². The van der Waals surface area contributed by atoms with Gasteiger partial charge in [0, 0.05) is 19.3 Å². The van der Waals surface area contributed by atoms with Crippen LogP contribution in [0.5, 0.6) is 0 Å². The average molecular weight is 279 g/mol. The first-order valence-electron chi connectivity index (χ1n) is 7.27. The molecule has 5 nitrogen and oxygen atoms in total. The second kappa shape index (κ2) is 4.84. The number of anilines is 1. The zero-order chi connectivity index (χ0) is 14.2. The Hall–Kier alpha value is -2.43. The molecule has 3 aromatic rings. The van der Waals surface area contributed by atoms with Gasteiger partial charge >= 0.3 is 0 Å². The molecule has 0 spiro atoms. The Labute approximate surface area is 123 Å². The second-order valence-corrected chi connectivity index (χ2v) is 5.60. The molecule has 106 valence electrons. The smallest absolute Gasteiger partial charge is 0.147 e. The molecule has 1 aliphatic rings. The zero-order valence-electron chi connectivity index (χ0n) is 12.0. The molecule has 5 heteroatoms. The van der Waals surface area contributed by atoms with Crippen LogP contribution in [0.25, 0.3) is 11.0 Å². The lowest BCUT2D eigenvalue weighted by Gasteiger charge is -2.17. The highest BCUT2D eigenvalue weighted by molar-refractivity contribution is 5.75. The van der Waals surface area contributed by atoms with E-state index in [2.05, 4.69) is 32.8 Å². The van der Waals surface area contributed by atoms with Crippen LogP contribution < -0.4 is 4.90 Å². The Morgan fingerprint density at radius 2 is 2.00 bits per heavy atom. The lowest BCUT2D eigenvalue weighted by molar-refractivity contribution is 0.494. The highest BCUT2D eigenvalue weighted by atomic mass is 15.3. The summed E-state index contributed by atoms with van der Waals surface area (Å²) in [5, 5.41) is 4.43. The highest BCUT2D eigenvalue weighted by Crippen LogP contribution is 2.26. The first kappa shape index (κ1) is 12.3. The minimum atomic E-state index is 0.423. The van der Waals surface area contributed by atoms with E-state index in [9.17, 15) is 0 Å². The van der Waals surface area contributed by atoms with Gasteiger partial charge in [0.2, 0.25) is 0 Å². The van der Waals surface area contributed by atoms with Crippen LogP contribution in [-0.4, -0.2) is 32.8 Å². The van der Waals surface area contributed by atoms with Crippen LogP contribution in [0.3, 0.4) is 0 Å². The molecular formula is C16H17N5. The standard InChI is InChI=1S/C16H17N5/c1-12-8-18-21(10-12)13-6-7-20(11-13)16-9-17-14-4-2-3-5-15(14)19-16/h2-5,8-10,13H,6-7,11H2,1H3. The molecule has 1 unspecified atom stereocenters. The molecular weight excluding hydrogens is 262 g/mol. The van der Waals surface area contributed by atoms with Gasteiger partial charge in [-0.1, -0.05) is 12.1 Å². The third-order valence-electron chi connectivity index (χ3n) is 4.03. The van der Waals surface area contributed by atoms with Crippen molar-refractivity contribution in [3.63, 3.8) is 0 Å². The Morgan fingerprint density at radius 1 is 1.14 bits per heavy atom. The fourth-order valence-electron chi connectivity index (χ4n) is 2.90. The summed E-state index contributed by atoms with van der Waals surface area (Å²) < 4.78 is 2.07. The largest absolute Gasteiger partial charge is 0.353 e. The summed E-state index contributed by atoms with van der Waals surface area (Å²) in [7, 11) is 0. The number of aryl methyl sites for hydroxylation is 1. The van der Waals surface area contributed by atoms with Crippen LogP contribution in [0.1, 0.15) is 18.0 Å². The molecule has 21 heavy (non-hydrogen) atoms. The molecule has 0 N–H and O–H groups in total. The molecule has 0 radical (unpaired) electrons. The molecule has 1 aromatic carbocycles. The van der Waals surface area contributed by atoms with E-state index in [1.807, 2.05) is 36.7 Å². The van der Waals surface area contributed by atoms with E-state index < -0.39 is 0 Å². The molecule has 0 saturated carbocycles. The fourth-order valence-corrected chi connectivity index (χ4v) is 2.90. The van der Waals surface area contributed by atoms with Crippen molar-refractivity contribution in [3.8, 4) is 0 Å². The Morgan fingerprint density at radius 3 is 2.81 bits per heavy atom. The van der Waals surface area contributed by atoms with Gasteiger partial charge in [-0.3, -0.25) is 9.67 Å². The van der Waals surface area contributed by atoms with Crippen LogP contribution in [0, 0.1) is 6.92 Å². The maximum absolute atomic E-state index is 4.72. The van der Waals surface area contributed by atoms with Crippen molar-refractivity contribution in [3.05, 3.63) is 48.4 Å². The van der Waals surface area contributed by atoms with E-state index in [1.165, 1.54) is 5.56 Å². The number of benzene rings is 1. The van der Waals surface area contributed by atoms with Gasteiger partial charge in [0.05, 0.1) is 29.5 Å². The number of aromatic nitrogens is 4. The fraction of sp³-hybridized carbons (Fsp3) is 0.312. The molecule has 0 amide bonds. The van der Waals surface area contributed by atoms with Crippen molar-refractivity contribution in [1.29, 1.82) is 0 Å². The molecule has 1 aliphatic heterocycles. The summed E-state index contributed by atoms with van der Waals surface area (Å²) in [6.07, 6.45) is 6.99. The van der Waals surface area contributed by atoms with E-state index >= 15 is 0 Å². The average Bonchev–Trinajstić information content (AvgIpc) is 3.15. The third kappa shape index (κ3) is 2.24. The Bertz CT molecular complexity index is 779. The zero-order valence-corrected chi connectivity index (χ0v) is 12.0. The normalized spacial score (nSPS) is 18.5. The predicted octanol–water partition coefficient (Wildman–Crippen LogP) is 2.59. The van der Waals surface area contributed by atoms with Gasteiger partial charge in [0.25, 0.3) is 0 Å². The molecule has 1 fully saturated rings. The van der Waals surface area contributed by atoms with Gasteiger partial charge in [-0.15, -0.1) is 0 Å². The van der Waals surface area contributed by atoms with Crippen LogP contribution in [-0.2, 0) is 0 Å². The monoisotopic (exact) mass is 279 g/mol. The van der Waals surface area contributed by atoms with Crippen LogP contribution in [0.15, 0.2) is 42.9 Å². The van der Waals surface area contributed by atoms with E-state index in [0.29, 0.717) is 6.04 Å². The maximum Gasteiger partial charge on any atom is 0.147 e. The SMILES string of the molecule is Cc1cnn(C2CCN(c3cnc4ccccc4n3)C2)c1. The number of hydrogen-bond donors (Lipinski definition) is 0. The lowest BCUT2D eigenvalue weighted by atomic mass is 10.3. The van der Waals surface area contributed by atoms with Gasteiger partial charge in [0.15, 0.2) is 0 Å². The van der Waals surface area contributed by atoms with Crippen molar-refractivity contribution in [1.82, 2.24) is 19.7 Å². The highest BCUT2D eigenvalue weighted by Gasteiger charge is 2.25. The Balaban J connectivity index is 1.59. The van der Waals surface area contributed by atoms with E-state index in [-0.39, 0.29) is 0 Å². The summed E-state index contributed by atoms with van der Waals surface area (Å²) in [4.78, 5) is 11.5. The quantitative estimate of drug-likeness (QED) is 0.723. The number of para-hydroxylation sites is 2. The van der Waals surface area contributed by atoms with E-state index in [4.69, 9.17) is 4.98 Å². The molecule has 1 atom stereocenters. The first-order chi connectivity index (χ1) is 10.3. The minimum absolute atomic E-state index is 0.423. The van der Waals surface area contributed by atoms with Gasteiger partial charge in [-0.05, 0) is 31.0 Å². The number of fused-ring (bicyclic) bond motifs is 1. The van der Waals surface area contributed by atoms with E-state index in [1.54, 1.807) is 0 Å². The topological polar surface area (TPSA) is 46.8 Å². The van der Waals surface area contributed by atoms with Gasteiger partial charge < -0.3 is 4.90 Å². The number of rotatable bonds is 2. The minimum Gasteiger partial charge on any atom is -0.353 e. The van der Waals surface area contributed by atoms with Crippen molar-refractivity contribution in [2.75, 3.05) is 18.0 Å². The summed E-state index contributed by atoms with van der Waals surface area (Å²) in [6, 6.07) is 8.41. The molecule has 4 rings (SSSR count). The van der Waals surface area contributed by atoms with E-state index in [0.717, 1.165) is 36.4 Å².